The lowest BCUT2D eigenvalue weighted by atomic mass is 9.84. The number of carbonyl (C=O) groups is 4. The van der Waals surface area contributed by atoms with Gasteiger partial charge < -0.3 is 20.4 Å². The van der Waals surface area contributed by atoms with Crippen LogP contribution in [0.2, 0.25) is 0 Å². The molecule has 28 heavy (non-hydrogen) atoms. The maximum absolute atomic E-state index is 11.5. The molecule has 0 heterocycles. The first-order chi connectivity index (χ1) is 13.3. The van der Waals surface area contributed by atoms with Crippen molar-refractivity contribution in [3.8, 4) is 0 Å². The largest absolute Gasteiger partial charge is 0.481 e. The van der Waals surface area contributed by atoms with Crippen LogP contribution in [0.5, 0.6) is 0 Å². The van der Waals surface area contributed by atoms with Crippen molar-refractivity contribution in [2.24, 2.45) is 11.8 Å². The van der Waals surface area contributed by atoms with Crippen molar-refractivity contribution in [1.82, 2.24) is 0 Å². The van der Waals surface area contributed by atoms with E-state index in [4.69, 9.17) is 10.2 Å². The molecule has 4 N–H and O–H groups in total. The Bertz CT molecular complexity index is 489. The summed E-state index contributed by atoms with van der Waals surface area (Å²) in [5, 5.41) is 36.0. The number of rotatable bonds is 19. The van der Waals surface area contributed by atoms with E-state index in [1.807, 2.05) is 0 Å². The highest BCUT2D eigenvalue weighted by molar-refractivity contribution is 5.79. The Morgan fingerprint density at radius 3 is 1.07 bits per heavy atom. The highest BCUT2D eigenvalue weighted by Crippen LogP contribution is 2.26. The molecule has 0 aromatic carbocycles. The Morgan fingerprint density at radius 1 is 0.464 bits per heavy atom. The van der Waals surface area contributed by atoms with Gasteiger partial charge >= 0.3 is 23.9 Å². The van der Waals surface area contributed by atoms with Crippen LogP contribution in [0.4, 0.5) is 0 Å². The summed E-state index contributed by atoms with van der Waals surface area (Å²) in [5.41, 5.74) is 0. The molecule has 0 aromatic rings. The number of hydrogen-bond donors (Lipinski definition) is 4. The first-order valence-corrected chi connectivity index (χ1v) is 10.1. The molecule has 0 amide bonds. The molecule has 8 nitrogen and oxygen atoms in total. The molecule has 0 saturated heterocycles. The molecule has 0 radical (unpaired) electrons. The van der Waals surface area contributed by atoms with Gasteiger partial charge in [0.25, 0.3) is 0 Å². The summed E-state index contributed by atoms with van der Waals surface area (Å²) in [4.78, 5) is 43.9. The molecular formula is C20H34O8. The van der Waals surface area contributed by atoms with E-state index in [9.17, 15) is 29.4 Å². The molecule has 0 bridgehead atoms. The fourth-order valence-electron chi connectivity index (χ4n) is 3.34. The third-order valence-corrected chi connectivity index (χ3v) is 4.93. The smallest absolute Gasteiger partial charge is 0.307 e. The molecule has 0 rings (SSSR count). The summed E-state index contributed by atoms with van der Waals surface area (Å²) in [5.74, 6) is -5.74. The van der Waals surface area contributed by atoms with Crippen molar-refractivity contribution >= 4 is 23.9 Å². The van der Waals surface area contributed by atoms with Gasteiger partial charge in [0.1, 0.15) is 0 Å². The summed E-state index contributed by atoms with van der Waals surface area (Å²) in [6.45, 7) is 0. The summed E-state index contributed by atoms with van der Waals surface area (Å²) >= 11 is 0. The molecule has 0 spiro atoms. The van der Waals surface area contributed by atoms with Crippen LogP contribution in [0.15, 0.2) is 0 Å². The number of unbranched alkanes of at least 4 members (excludes halogenated alkanes) is 8. The number of carboxylic acid groups (broad SMARTS) is 4. The molecule has 8 heteroatoms. The van der Waals surface area contributed by atoms with Crippen LogP contribution >= 0.6 is 0 Å². The van der Waals surface area contributed by atoms with Gasteiger partial charge in [0.15, 0.2) is 0 Å². The Kier molecular flexibility index (Phi) is 14.7. The molecular weight excluding hydrogens is 368 g/mol. The third-order valence-electron chi connectivity index (χ3n) is 4.93. The van der Waals surface area contributed by atoms with Gasteiger partial charge in [-0.2, -0.15) is 0 Å². The predicted molar refractivity (Wildman–Crippen MR) is 102 cm³/mol. The van der Waals surface area contributed by atoms with Crippen LogP contribution in [0.3, 0.4) is 0 Å². The lowest BCUT2D eigenvalue weighted by Gasteiger charge is -2.20. The lowest BCUT2D eigenvalue weighted by Crippen LogP contribution is -2.30. The van der Waals surface area contributed by atoms with Crippen molar-refractivity contribution in [2.75, 3.05) is 0 Å². The van der Waals surface area contributed by atoms with Gasteiger partial charge in [-0.15, -0.1) is 0 Å². The van der Waals surface area contributed by atoms with Crippen molar-refractivity contribution in [1.29, 1.82) is 0 Å². The fourth-order valence-corrected chi connectivity index (χ4v) is 3.34. The van der Waals surface area contributed by atoms with E-state index < -0.39 is 35.7 Å². The van der Waals surface area contributed by atoms with E-state index in [0.717, 1.165) is 32.1 Å². The van der Waals surface area contributed by atoms with E-state index in [-0.39, 0.29) is 19.3 Å². The minimum atomic E-state index is -1.11. The van der Waals surface area contributed by atoms with E-state index in [1.54, 1.807) is 0 Å². The Balaban J connectivity index is 4.13. The average molecular weight is 402 g/mol. The van der Waals surface area contributed by atoms with Crippen LogP contribution in [0.1, 0.15) is 89.9 Å². The summed E-state index contributed by atoms with van der Waals surface area (Å²) in [7, 11) is 0. The van der Waals surface area contributed by atoms with Gasteiger partial charge in [0, 0.05) is 12.8 Å². The zero-order valence-electron chi connectivity index (χ0n) is 16.5. The molecule has 2 atom stereocenters. The standard InChI is InChI=1S/C20H34O8/c21-17(22)13-9-5-3-1-2-4-7-11-15(19(25)26)16(20(27)28)12-8-6-10-14-18(23)24/h15-16H,1-14H2,(H,21,22)(H,23,24)(H,25,26)(H,27,28). The van der Waals surface area contributed by atoms with Crippen molar-refractivity contribution in [2.45, 2.75) is 89.9 Å². The first kappa shape index (κ1) is 25.9. The summed E-state index contributed by atoms with van der Waals surface area (Å²) in [6, 6.07) is 0. The molecule has 0 aliphatic heterocycles. The van der Waals surface area contributed by atoms with Crippen LogP contribution in [0.25, 0.3) is 0 Å². The van der Waals surface area contributed by atoms with Gasteiger partial charge in [0.05, 0.1) is 11.8 Å². The zero-order chi connectivity index (χ0) is 21.4. The first-order valence-electron chi connectivity index (χ1n) is 10.1. The third kappa shape index (κ3) is 14.0. The second kappa shape index (κ2) is 15.9. The molecule has 162 valence electrons. The van der Waals surface area contributed by atoms with E-state index in [2.05, 4.69) is 0 Å². The van der Waals surface area contributed by atoms with Crippen molar-refractivity contribution in [3.05, 3.63) is 0 Å². The molecule has 2 unspecified atom stereocenters. The normalized spacial score (nSPS) is 13.0. The average Bonchev–Trinajstić information content (AvgIpc) is 2.59. The van der Waals surface area contributed by atoms with E-state index >= 15 is 0 Å². The highest BCUT2D eigenvalue weighted by Gasteiger charge is 2.32. The molecule has 0 aromatic heterocycles. The highest BCUT2D eigenvalue weighted by atomic mass is 16.4. The SMILES string of the molecule is O=C(O)CCCCCCCCCC(C(=O)O)C(CCCCCC(=O)O)C(=O)O. The van der Waals surface area contributed by atoms with Gasteiger partial charge in [-0.3, -0.25) is 19.2 Å². The number of hydrogen-bond acceptors (Lipinski definition) is 4. The number of carboxylic acids is 4. The second-order valence-electron chi connectivity index (χ2n) is 7.29. The van der Waals surface area contributed by atoms with Gasteiger partial charge in [0.2, 0.25) is 0 Å². The van der Waals surface area contributed by atoms with Crippen LogP contribution in [-0.4, -0.2) is 44.3 Å². The lowest BCUT2D eigenvalue weighted by molar-refractivity contribution is -0.154. The van der Waals surface area contributed by atoms with Gasteiger partial charge in [-0.1, -0.05) is 51.4 Å². The van der Waals surface area contributed by atoms with Crippen molar-refractivity contribution < 1.29 is 39.6 Å². The maximum Gasteiger partial charge on any atom is 0.307 e. The molecule has 0 aliphatic carbocycles. The molecule has 0 aliphatic rings. The van der Waals surface area contributed by atoms with Crippen LogP contribution < -0.4 is 0 Å². The minimum absolute atomic E-state index is 0.0381. The molecule has 0 fully saturated rings. The van der Waals surface area contributed by atoms with Gasteiger partial charge in [-0.05, 0) is 25.7 Å². The fraction of sp³-hybridized carbons (Fsp3) is 0.800. The molecule has 0 saturated carbocycles. The second-order valence-corrected chi connectivity index (χ2v) is 7.29. The monoisotopic (exact) mass is 402 g/mol. The van der Waals surface area contributed by atoms with E-state index in [0.29, 0.717) is 38.5 Å². The predicted octanol–water partition coefficient (Wildman–Crippen LogP) is 4.02. The van der Waals surface area contributed by atoms with Crippen LogP contribution in [0, 0.1) is 11.8 Å². The maximum atomic E-state index is 11.5. The van der Waals surface area contributed by atoms with Crippen LogP contribution in [-0.2, 0) is 19.2 Å². The number of aliphatic carboxylic acids is 4. The topological polar surface area (TPSA) is 149 Å². The quantitative estimate of drug-likeness (QED) is 0.237. The van der Waals surface area contributed by atoms with Crippen molar-refractivity contribution in [3.63, 3.8) is 0 Å². The Labute approximate surface area is 165 Å². The van der Waals surface area contributed by atoms with E-state index in [1.165, 1.54) is 0 Å². The Hall–Kier alpha value is -2.12. The zero-order valence-corrected chi connectivity index (χ0v) is 16.5. The van der Waals surface area contributed by atoms with Gasteiger partial charge in [-0.25, -0.2) is 0 Å². The summed E-state index contributed by atoms with van der Waals surface area (Å²) in [6.07, 6.45) is 8.18. The minimum Gasteiger partial charge on any atom is -0.481 e. The Morgan fingerprint density at radius 2 is 0.750 bits per heavy atom. The summed E-state index contributed by atoms with van der Waals surface area (Å²) < 4.78 is 0.